The first-order valence-corrected chi connectivity index (χ1v) is 7.00. The van der Waals surface area contributed by atoms with Crippen molar-refractivity contribution in [2.24, 2.45) is 7.05 Å². The van der Waals surface area contributed by atoms with Crippen LogP contribution >= 0.6 is 0 Å². The quantitative estimate of drug-likeness (QED) is 0.842. The van der Waals surface area contributed by atoms with Gasteiger partial charge >= 0.3 is 0 Å². The van der Waals surface area contributed by atoms with Gasteiger partial charge in [0.15, 0.2) is 5.65 Å². The van der Waals surface area contributed by atoms with E-state index in [1.165, 1.54) is 0 Å². The molecular weight excluding hydrogens is 256 g/mol. The Labute approximate surface area is 117 Å². The minimum absolute atomic E-state index is 0.223. The van der Waals surface area contributed by atoms with E-state index in [0.717, 1.165) is 56.0 Å². The molecule has 2 aromatic rings. The first-order chi connectivity index (χ1) is 9.79. The number of aryl methyl sites for hydroxylation is 1. The number of hydrogen-bond acceptors (Lipinski definition) is 6. The summed E-state index contributed by atoms with van der Waals surface area (Å²) in [6.07, 6.45) is 4.52. The Morgan fingerprint density at radius 2 is 2.10 bits per heavy atom. The van der Waals surface area contributed by atoms with Crippen molar-refractivity contribution in [2.75, 3.05) is 44.2 Å². The first kappa shape index (κ1) is 13.3. The second-order valence-electron chi connectivity index (χ2n) is 5.11. The van der Waals surface area contributed by atoms with Crippen LogP contribution in [0.25, 0.3) is 11.0 Å². The Balaban J connectivity index is 1.84. The van der Waals surface area contributed by atoms with Crippen molar-refractivity contribution in [1.29, 1.82) is 0 Å². The maximum absolute atomic E-state index is 9.05. The molecule has 7 nitrogen and oxygen atoms in total. The molecule has 20 heavy (non-hydrogen) atoms. The van der Waals surface area contributed by atoms with E-state index in [2.05, 4.69) is 24.9 Å². The van der Waals surface area contributed by atoms with Crippen LogP contribution in [0.4, 0.5) is 5.82 Å². The van der Waals surface area contributed by atoms with Gasteiger partial charge in [-0.15, -0.1) is 0 Å². The van der Waals surface area contributed by atoms with Gasteiger partial charge in [0, 0.05) is 33.2 Å². The molecule has 0 spiro atoms. The molecule has 0 unspecified atom stereocenters. The number of aliphatic hydroxyl groups is 1. The van der Waals surface area contributed by atoms with Gasteiger partial charge in [-0.2, -0.15) is 5.10 Å². The summed E-state index contributed by atoms with van der Waals surface area (Å²) in [7, 11) is 1.89. The number of nitrogens with zero attached hydrogens (tertiary/aromatic N) is 6. The molecule has 3 heterocycles. The van der Waals surface area contributed by atoms with Crippen molar-refractivity contribution in [3.8, 4) is 0 Å². The molecule has 0 saturated carbocycles. The molecule has 0 aromatic carbocycles. The number of rotatable bonds is 3. The van der Waals surface area contributed by atoms with E-state index >= 15 is 0 Å². The van der Waals surface area contributed by atoms with E-state index in [-0.39, 0.29) is 6.61 Å². The minimum atomic E-state index is 0.223. The Kier molecular flexibility index (Phi) is 3.79. The normalized spacial score (nSPS) is 17.6. The maximum atomic E-state index is 9.05. The third-order valence-electron chi connectivity index (χ3n) is 3.81. The first-order valence-electron chi connectivity index (χ1n) is 7.00. The summed E-state index contributed by atoms with van der Waals surface area (Å²) in [6.45, 7) is 4.84. The smallest absolute Gasteiger partial charge is 0.163 e. The van der Waals surface area contributed by atoms with Crippen LogP contribution in [0.5, 0.6) is 0 Å². The average molecular weight is 276 g/mol. The standard InChI is InChI=1S/C13H20N6O/c1-17-12-11(9-16-17)13(15-10-14-12)19-4-2-3-18(5-6-19)7-8-20/h9-10,20H,2-8H2,1H3. The number of anilines is 1. The zero-order valence-corrected chi connectivity index (χ0v) is 11.7. The summed E-state index contributed by atoms with van der Waals surface area (Å²) in [5.41, 5.74) is 0.867. The molecule has 2 aromatic heterocycles. The second-order valence-corrected chi connectivity index (χ2v) is 5.11. The van der Waals surface area contributed by atoms with Gasteiger partial charge in [-0.1, -0.05) is 0 Å². The Morgan fingerprint density at radius 3 is 2.95 bits per heavy atom. The molecule has 0 amide bonds. The fraction of sp³-hybridized carbons (Fsp3) is 0.615. The van der Waals surface area contributed by atoms with Crippen molar-refractivity contribution in [2.45, 2.75) is 6.42 Å². The molecular formula is C13H20N6O. The minimum Gasteiger partial charge on any atom is -0.395 e. The third kappa shape index (κ3) is 2.46. The van der Waals surface area contributed by atoms with Crippen LogP contribution in [0.15, 0.2) is 12.5 Å². The van der Waals surface area contributed by atoms with Crippen molar-refractivity contribution in [3.05, 3.63) is 12.5 Å². The van der Waals surface area contributed by atoms with Crippen LogP contribution in [0, 0.1) is 0 Å². The van der Waals surface area contributed by atoms with Gasteiger partial charge in [-0.25, -0.2) is 9.97 Å². The fourth-order valence-corrected chi connectivity index (χ4v) is 2.75. The van der Waals surface area contributed by atoms with Crippen molar-refractivity contribution >= 4 is 16.9 Å². The van der Waals surface area contributed by atoms with Crippen LogP contribution < -0.4 is 4.90 Å². The predicted octanol–water partition coefficient (Wildman–Crippen LogP) is -0.132. The number of fused-ring (bicyclic) bond motifs is 1. The number of aromatic nitrogens is 4. The van der Waals surface area contributed by atoms with Gasteiger partial charge in [0.2, 0.25) is 0 Å². The molecule has 0 bridgehead atoms. The predicted molar refractivity (Wildman–Crippen MR) is 76.7 cm³/mol. The Hall–Kier alpha value is -1.73. The highest BCUT2D eigenvalue weighted by molar-refractivity contribution is 5.86. The van der Waals surface area contributed by atoms with Gasteiger partial charge in [0.25, 0.3) is 0 Å². The zero-order valence-electron chi connectivity index (χ0n) is 11.7. The summed E-state index contributed by atoms with van der Waals surface area (Å²) in [4.78, 5) is 13.3. The molecule has 1 aliphatic rings. The maximum Gasteiger partial charge on any atom is 0.163 e. The van der Waals surface area contributed by atoms with Crippen molar-refractivity contribution < 1.29 is 5.11 Å². The largest absolute Gasteiger partial charge is 0.395 e. The molecule has 1 fully saturated rings. The van der Waals surface area contributed by atoms with Gasteiger partial charge in [-0.05, 0) is 13.0 Å². The van der Waals surface area contributed by atoms with Crippen molar-refractivity contribution in [1.82, 2.24) is 24.6 Å². The van der Waals surface area contributed by atoms with E-state index in [0.29, 0.717) is 0 Å². The molecule has 0 atom stereocenters. The number of β-amino-alcohol motifs (C(OH)–C–C–N with tert-alkyl or cyclic N) is 1. The zero-order chi connectivity index (χ0) is 13.9. The van der Waals surface area contributed by atoms with Crippen LogP contribution in [0.1, 0.15) is 6.42 Å². The molecule has 0 aliphatic carbocycles. The van der Waals surface area contributed by atoms with Gasteiger partial charge < -0.3 is 10.0 Å². The van der Waals surface area contributed by atoms with Crippen LogP contribution in [0.2, 0.25) is 0 Å². The third-order valence-corrected chi connectivity index (χ3v) is 3.81. The van der Waals surface area contributed by atoms with Gasteiger partial charge in [0.1, 0.15) is 12.1 Å². The van der Waals surface area contributed by atoms with Crippen molar-refractivity contribution in [3.63, 3.8) is 0 Å². The van der Waals surface area contributed by atoms with Gasteiger partial charge in [-0.3, -0.25) is 9.58 Å². The van der Waals surface area contributed by atoms with Crippen LogP contribution in [-0.4, -0.2) is 69.1 Å². The van der Waals surface area contributed by atoms with Gasteiger partial charge in [0.05, 0.1) is 18.2 Å². The highest BCUT2D eigenvalue weighted by Crippen LogP contribution is 2.23. The van der Waals surface area contributed by atoms with E-state index in [1.54, 1.807) is 11.0 Å². The topological polar surface area (TPSA) is 70.3 Å². The highest BCUT2D eigenvalue weighted by Gasteiger charge is 2.18. The van der Waals surface area contributed by atoms with Crippen LogP contribution in [0.3, 0.4) is 0 Å². The van der Waals surface area contributed by atoms with E-state index < -0.39 is 0 Å². The monoisotopic (exact) mass is 276 g/mol. The molecule has 1 N–H and O–H groups in total. The fourth-order valence-electron chi connectivity index (χ4n) is 2.75. The summed E-state index contributed by atoms with van der Waals surface area (Å²) in [5.74, 6) is 0.967. The SMILES string of the molecule is Cn1ncc2c(N3CCCN(CCO)CC3)ncnc21. The number of hydrogen-bond donors (Lipinski definition) is 1. The summed E-state index contributed by atoms with van der Waals surface area (Å²) >= 11 is 0. The summed E-state index contributed by atoms with van der Waals surface area (Å²) in [5, 5.41) is 14.3. The molecule has 0 radical (unpaired) electrons. The second kappa shape index (κ2) is 5.72. The molecule has 3 rings (SSSR count). The highest BCUT2D eigenvalue weighted by atomic mass is 16.3. The Bertz CT molecular complexity index is 583. The molecule has 1 saturated heterocycles. The summed E-state index contributed by atoms with van der Waals surface area (Å²) < 4.78 is 1.77. The van der Waals surface area contributed by atoms with Crippen LogP contribution in [-0.2, 0) is 7.05 Å². The summed E-state index contributed by atoms with van der Waals surface area (Å²) in [6, 6.07) is 0. The van der Waals surface area contributed by atoms with E-state index in [1.807, 2.05) is 13.2 Å². The van der Waals surface area contributed by atoms with E-state index in [9.17, 15) is 0 Å². The lowest BCUT2D eigenvalue weighted by Crippen LogP contribution is -2.32. The molecule has 7 heteroatoms. The average Bonchev–Trinajstić information content (AvgIpc) is 2.70. The Morgan fingerprint density at radius 1 is 1.20 bits per heavy atom. The molecule has 1 aliphatic heterocycles. The lowest BCUT2D eigenvalue weighted by Gasteiger charge is -2.22. The number of aliphatic hydroxyl groups excluding tert-OH is 1. The lowest BCUT2D eigenvalue weighted by atomic mass is 10.3. The lowest BCUT2D eigenvalue weighted by molar-refractivity contribution is 0.204. The molecule has 108 valence electrons. The van der Waals surface area contributed by atoms with E-state index in [4.69, 9.17) is 5.11 Å².